The molecule has 0 bridgehead atoms. The third-order valence-corrected chi connectivity index (χ3v) is 5.13. The number of rotatable bonds is 8. The van der Waals surface area contributed by atoms with Crippen LogP contribution in [-0.4, -0.2) is 117 Å². The van der Waals surface area contributed by atoms with Gasteiger partial charge in [0.05, 0.1) is 13.2 Å². The fourth-order valence-electron chi connectivity index (χ4n) is 3.29. The first-order valence-electron chi connectivity index (χ1n) is 9.54. The zero-order valence-electron chi connectivity index (χ0n) is 16.2. The quantitative estimate of drug-likeness (QED) is 0.190. The van der Waals surface area contributed by atoms with Crippen LogP contribution in [0.2, 0.25) is 0 Å². The van der Waals surface area contributed by atoms with Crippen molar-refractivity contribution in [3.63, 3.8) is 0 Å². The summed E-state index contributed by atoms with van der Waals surface area (Å²) in [5.41, 5.74) is 0. The van der Waals surface area contributed by atoms with E-state index in [0.717, 1.165) is 0 Å². The van der Waals surface area contributed by atoms with E-state index in [1.54, 1.807) is 0 Å². The van der Waals surface area contributed by atoms with Crippen molar-refractivity contribution in [2.45, 2.75) is 68.0 Å². The second kappa shape index (κ2) is 10.4. The second-order valence-electron chi connectivity index (χ2n) is 7.28. The maximum absolute atomic E-state index is 10.7. The van der Waals surface area contributed by atoms with Gasteiger partial charge in [-0.1, -0.05) is 0 Å². The van der Waals surface area contributed by atoms with Crippen molar-refractivity contribution in [3.8, 4) is 0 Å². The van der Waals surface area contributed by atoms with Gasteiger partial charge in [0.25, 0.3) is 0 Å². The molecule has 2 fully saturated rings. The summed E-state index contributed by atoms with van der Waals surface area (Å²) in [6.45, 7) is -1.32. The van der Waals surface area contributed by atoms with E-state index in [1.165, 1.54) is 12.1 Å². The van der Waals surface area contributed by atoms with Crippen molar-refractivity contribution in [3.05, 3.63) is 23.7 Å². The number of furan rings is 1. The Labute approximate surface area is 175 Å². The predicted octanol–water partition coefficient (Wildman–Crippen LogP) is -3.77. The fraction of sp³-hybridized carbons (Fsp3) is 0.722. The standard InChI is InChI=1S/C18H26O13/c19-3-7-1-2-8(29-7)5-27-17-16(26)14(24)12(22)10(31-17)6-28-18-15(25)13(23)11(21)9(4-20)30-18/h1-3,9-18,20-26H,4-6H2. The van der Waals surface area contributed by atoms with E-state index in [-0.39, 0.29) is 18.1 Å². The number of aliphatic hydroxyl groups excluding tert-OH is 7. The molecule has 0 spiro atoms. The van der Waals surface area contributed by atoms with Crippen molar-refractivity contribution in [1.29, 1.82) is 0 Å². The van der Waals surface area contributed by atoms with E-state index in [4.69, 9.17) is 23.4 Å². The SMILES string of the molecule is O=Cc1ccc(COC2OC(COC3OC(CO)C(O)C(O)C3O)C(O)C(O)C2O)o1. The molecular weight excluding hydrogens is 424 g/mol. The third kappa shape index (κ3) is 5.30. The zero-order chi connectivity index (χ0) is 22.7. The third-order valence-electron chi connectivity index (χ3n) is 5.13. The molecule has 0 amide bonds. The second-order valence-corrected chi connectivity index (χ2v) is 7.28. The molecular formula is C18H26O13. The van der Waals surface area contributed by atoms with Gasteiger partial charge in [-0.3, -0.25) is 4.79 Å². The molecule has 2 aliphatic rings. The van der Waals surface area contributed by atoms with Crippen molar-refractivity contribution in [2.24, 2.45) is 0 Å². The Balaban J connectivity index is 1.58. The molecule has 3 rings (SSSR count). The number of hydrogen-bond donors (Lipinski definition) is 7. The molecule has 0 saturated carbocycles. The van der Waals surface area contributed by atoms with Gasteiger partial charge in [0.1, 0.15) is 61.2 Å². The topological polar surface area (TPSA) is 209 Å². The number of carbonyl (C=O) groups excluding carboxylic acids is 1. The Morgan fingerprint density at radius 3 is 1.97 bits per heavy atom. The maximum atomic E-state index is 10.7. The van der Waals surface area contributed by atoms with Crippen LogP contribution in [0, 0.1) is 0 Å². The largest absolute Gasteiger partial charge is 0.456 e. The van der Waals surface area contributed by atoms with Crippen LogP contribution in [0.4, 0.5) is 0 Å². The lowest BCUT2D eigenvalue weighted by Gasteiger charge is -2.42. The summed E-state index contributed by atoms with van der Waals surface area (Å²) in [5.74, 6) is 0.331. The molecule has 0 aliphatic carbocycles. The average molecular weight is 450 g/mol. The summed E-state index contributed by atoms with van der Waals surface area (Å²) in [7, 11) is 0. The molecule has 13 heteroatoms. The molecule has 7 N–H and O–H groups in total. The molecule has 10 unspecified atom stereocenters. The van der Waals surface area contributed by atoms with Gasteiger partial charge in [-0.2, -0.15) is 0 Å². The van der Waals surface area contributed by atoms with Gasteiger partial charge < -0.3 is 59.1 Å². The van der Waals surface area contributed by atoms with Gasteiger partial charge in [0.2, 0.25) is 0 Å². The highest BCUT2D eigenvalue weighted by atomic mass is 16.7. The molecule has 13 nitrogen and oxygen atoms in total. The molecule has 0 aromatic carbocycles. The van der Waals surface area contributed by atoms with Gasteiger partial charge in [-0.05, 0) is 12.1 Å². The van der Waals surface area contributed by atoms with Gasteiger partial charge in [0, 0.05) is 0 Å². The predicted molar refractivity (Wildman–Crippen MR) is 95.3 cm³/mol. The Hall–Kier alpha value is -1.49. The van der Waals surface area contributed by atoms with Crippen LogP contribution in [0.15, 0.2) is 16.5 Å². The number of ether oxygens (including phenoxy) is 4. The smallest absolute Gasteiger partial charge is 0.187 e. The van der Waals surface area contributed by atoms with Crippen LogP contribution in [0.1, 0.15) is 16.3 Å². The number of aliphatic hydroxyl groups is 7. The summed E-state index contributed by atoms with van der Waals surface area (Å²) in [5, 5.41) is 69.2. The van der Waals surface area contributed by atoms with Crippen molar-refractivity contribution in [1.82, 2.24) is 0 Å². The normalized spacial score (nSPS) is 41.3. The average Bonchev–Trinajstić information content (AvgIpc) is 3.24. The Bertz CT molecular complexity index is 708. The summed E-state index contributed by atoms with van der Waals surface area (Å²) >= 11 is 0. The van der Waals surface area contributed by atoms with Crippen LogP contribution < -0.4 is 0 Å². The van der Waals surface area contributed by atoms with Crippen LogP contribution >= 0.6 is 0 Å². The zero-order valence-corrected chi connectivity index (χ0v) is 16.2. The van der Waals surface area contributed by atoms with Crippen molar-refractivity contribution < 1.29 is 63.9 Å². The lowest BCUT2D eigenvalue weighted by Crippen LogP contribution is -2.61. The lowest BCUT2D eigenvalue weighted by molar-refractivity contribution is -0.332. The molecule has 1 aromatic rings. The summed E-state index contributed by atoms with van der Waals surface area (Å²) in [4.78, 5) is 10.7. The summed E-state index contributed by atoms with van der Waals surface area (Å²) < 4.78 is 26.5. The molecule has 31 heavy (non-hydrogen) atoms. The monoisotopic (exact) mass is 450 g/mol. The molecule has 10 atom stereocenters. The van der Waals surface area contributed by atoms with Crippen LogP contribution in [0.5, 0.6) is 0 Å². The molecule has 2 saturated heterocycles. The van der Waals surface area contributed by atoms with Crippen LogP contribution in [0.25, 0.3) is 0 Å². The van der Waals surface area contributed by atoms with E-state index >= 15 is 0 Å². The fourth-order valence-corrected chi connectivity index (χ4v) is 3.29. The first-order chi connectivity index (χ1) is 14.8. The summed E-state index contributed by atoms with van der Waals surface area (Å²) in [6, 6.07) is 2.89. The molecule has 2 aliphatic heterocycles. The van der Waals surface area contributed by atoms with E-state index in [2.05, 4.69) is 0 Å². The van der Waals surface area contributed by atoms with E-state index in [9.17, 15) is 40.5 Å². The minimum atomic E-state index is -1.66. The van der Waals surface area contributed by atoms with E-state index in [1.807, 2.05) is 0 Å². The minimum Gasteiger partial charge on any atom is -0.456 e. The highest BCUT2D eigenvalue weighted by molar-refractivity contribution is 5.70. The van der Waals surface area contributed by atoms with Gasteiger partial charge in [-0.25, -0.2) is 0 Å². The first kappa shape index (κ1) is 24.2. The molecule has 3 heterocycles. The number of hydrogen-bond acceptors (Lipinski definition) is 13. The van der Waals surface area contributed by atoms with Crippen molar-refractivity contribution >= 4 is 6.29 Å². The molecule has 1 aromatic heterocycles. The van der Waals surface area contributed by atoms with Gasteiger partial charge in [-0.15, -0.1) is 0 Å². The minimum absolute atomic E-state index is 0.0740. The summed E-state index contributed by atoms with van der Waals surface area (Å²) in [6.07, 6.45) is -14.5. The Morgan fingerprint density at radius 1 is 0.806 bits per heavy atom. The van der Waals surface area contributed by atoms with E-state index < -0.39 is 74.6 Å². The highest BCUT2D eigenvalue weighted by Crippen LogP contribution is 2.26. The van der Waals surface area contributed by atoms with Crippen molar-refractivity contribution in [2.75, 3.05) is 13.2 Å². The highest BCUT2D eigenvalue weighted by Gasteiger charge is 2.47. The van der Waals surface area contributed by atoms with Crippen LogP contribution in [0.3, 0.4) is 0 Å². The number of aldehydes is 1. The molecule has 0 radical (unpaired) electrons. The maximum Gasteiger partial charge on any atom is 0.187 e. The molecule has 176 valence electrons. The lowest BCUT2D eigenvalue weighted by atomic mass is 9.98. The first-order valence-corrected chi connectivity index (χ1v) is 9.54. The Morgan fingerprint density at radius 2 is 1.39 bits per heavy atom. The van der Waals surface area contributed by atoms with E-state index in [0.29, 0.717) is 6.29 Å². The number of carbonyl (C=O) groups is 1. The van der Waals surface area contributed by atoms with Gasteiger partial charge in [0.15, 0.2) is 24.6 Å². The van der Waals surface area contributed by atoms with Gasteiger partial charge >= 0.3 is 0 Å². The van der Waals surface area contributed by atoms with Crippen LogP contribution in [-0.2, 0) is 25.6 Å². The Kier molecular flexibility index (Phi) is 8.12.